The van der Waals surface area contributed by atoms with Gasteiger partial charge in [0.2, 0.25) is 5.78 Å². The van der Waals surface area contributed by atoms with Gasteiger partial charge >= 0.3 is 5.97 Å². The molecule has 3 saturated carbocycles. The Balaban J connectivity index is 1.49. The molecule has 30 heavy (non-hydrogen) atoms. The molecule has 0 radical (unpaired) electrons. The Labute approximate surface area is 175 Å². The van der Waals surface area contributed by atoms with Crippen LogP contribution in [0.2, 0.25) is 0 Å². The number of hydrogen-bond acceptors (Lipinski definition) is 7. The minimum absolute atomic E-state index is 0.00494. The van der Waals surface area contributed by atoms with E-state index in [-0.39, 0.29) is 48.3 Å². The van der Waals surface area contributed by atoms with Gasteiger partial charge in [-0.05, 0) is 43.6 Å². The van der Waals surface area contributed by atoms with E-state index in [0.29, 0.717) is 6.42 Å². The molecule has 0 aromatic heterocycles. The highest BCUT2D eigenvalue weighted by atomic mass is 16.6. The number of ketones is 3. The summed E-state index contributed by atoms with van der Waals surface area (Å²) < 4.78 is 10.6. The molecule has 7 heteroatoms. The van der Waals surface area contributed by atoms with Crippen molar-refractivity contribution in [3.63, 3.8) is 0 Å². The molecule has 0 spiro atoms. The molecule has 1 saturated heterocycles. The first-order chi connectivity index (χ1) is 14.0. The molecule has 0 aromatic rings. The fourth-order valence-electron chi connectivity index (χ4n) is 7.49. The van der Waals surface area contributed by atoms with Gasteiger partial charge in [0, 0.05) is 30.1 Å². The summed E-state index contributed by atoms with van der Waals surface area (Å²) in [6, 6.07) is 0. The minimum Gasteiger partial charge on any atom is -0.458 e. The van der Waals surface area contributed by atoms with Gasteiger partial charge in [-0.15, -0.1) is 0 Å². The Morgan fingerprint density at radius 3 is 2.70 bits per heavy atom. The van der Waals surface area contributed by atoms with E-state index in [1.165, 1.54) is 6.92 Å². The fourth-order valence-corrected chi connectivity index (χ4v) is 7.49. The van der Waals surface area contributed by atoms with Crippen LogP contribution in [0, 0.1) is 28.6 Å². The van der Waals surface area contributed by atoms with E-state index in [9.17, 15) is 24.3 Å². The molecule has 1 aliphatic heterocycles. The zero-order chi connectivity index (χ0) is 21.6. The summed E-state index contributed by atoms with van der Waals surface area (Å²) in [6.45, 7) is 4.65. The summed E-state index contributed by atoms with van der Waals surface area (Å²) in [7, 11) is 0. The maximum Gasteiger partial charge on any atom is 0.303 e. The lowest BCUT2D eigenvalue weighted by molar-refractivity contribution is -0.173. The molecule has 0 unspecified atom stereocenters. The average molecular weight is 416 g/mol. The predicted octanol–water partition coefficient (Wildman–Crippen LogP) is 1.55. The molecule has 1 heterocycles. The van der Waals surface area contributed by atoms with Crippen LogP contribution in [0.15, 0.2) is 11.6 Å². The van der Waals surface area contributed by atoms with Gasteiger partial charge in [0.05, 0.1) is 0 Å². The van der Waals surface area contributed by atoms with Crippen LogP contribution in [0.4, 0.5) is 0 Å². The Bertz CT molecular complexity index is 905. The largest absolute Gasteiger partial charge is 0.458 e. The van der Waals surface area contributed by atoms with E-state index in [0.717, 1.165) is 18.4 Å². The second-order valence-electron chi connectivity index (χ2n) is 10.3. The normalized spacial score (nSPS) is 48.7. The number of hydrogen-bond donors (Lipinski definition) is 1. The Morgan fingerprint density at radius 1 is 1.27 bits per heavy atom. The molecule has 0 aromatic carbocycles. The van der Waals surface area contributed by atoms with Crippen LogP contribution >= 0.6 is 0 Å². The average Bonchev–Trinajstić information content (AvgIpc) is 3.44. The van der Waals surface area contributed by atoms with Gasteiger partial charge in [-0.1, -0.05) is 19.4 Å². The van der Waals surface area contributed by atoms with Gasteiger partial charge < -0.3 is 14.6 Å². The maximum absolute atomic E-state index is 13.6. The van der Waals surface area contributed by atoms with Crippen molar-refractivity contribution in [1.29, 1.82) is 0 Å². The number of carbonyl (C=O) groups is 4. The molecule has 0 amide bonds. The smallest absolute Gasteiger partial charge is 0.303 e. The third kappa shape index (κ3) is 2.33. The summed E-state index contributed by atoms with van der Waals surface area (Å²) in [4.78, 5) is 49.8. The van der Waals surface area contributed by atoms with Gasteiger partial charge in [-0.3, -0.25) is 19.2 Å². The van der Waals surface area contributed by atoms with Gasteiger partial charge in [0.15, 0.2) is 12.4 Å². The number of aliphatic hydroxyl groups is 1. The number of epoxide rings is 1. The van der Waals surface area contributed by atoms with Crippen LogP contribution in [0.5, 0.6) is 0 Å². The second-order valence-corrected chi connectivity index (χ2v) is 10.3. The summed E-state index contributed by atoms with van der Waals surface area (Å²) in [5, 5.41) is 11.5. The number of carbonyl (C=O) groups excluding carboxylic acids is 4. The van der Waals surface area contributed by atoms with Crippen LogP contribution in [0.3, 0.4) is 0 Å². The van der Waals surface area contributed by atoms with Crippen molar-refractivity contribution in [3.8, 4) is 0 Å². The number of fused-ring (bicyclic) bond motifs is 7. The first kappa shape index (κ1) is 20.1. The Morgan fingerprint density at radius 2 is 2.00 bits per heavy atom. The van der Waals surface area contributed by atoms with E-state index >= 15 is 0 Å². The second kappa shape index (κ2) is 6.10. The Hall–Kier alpha value is -1.86. The molecule has 162 valence electrons. The molecule has 7 nitrogen and oxygen atoms in total. The van der Waals surface area contributed by atoms with E-state index in [1.807, 2.05) is 6.92 Å². The molecule has 0 bridgehead atoms. The van der Waals surface area contributed by atoms with Gasteiger partial charge in [-0.2, -0.15) is 0 Å². The zero-order valence-electron chi connectivity index (χ0n) is 17.6. The summed E-state index contributed by atoms with van der Waals surface area (Å²) in [5.74, 6) is -1.26. The predicted molar refractivity (Wildman–Crippen MR) is 103 cm³/mol. The molecule has 1 N–H and O–H groups in total. The van der Waals surface area contributed by atoms with Crippen molar-refractivity contribution in [1.82, 2.24) is 0 Å². The number of rotatable bonds is 3. The lowest BCUT2D eigenvalue weighted by Crippen LogP contribution is -2.62. The van der Waals surface area contributed by atoms with Crippen molar-refractivity contribution >= 4 is 23.3 Å². The molecule has 8 atom stereocenters. The Kier molecular flexibility index (Phi) is 4.08. The first-order valence-corrected chi connectivity index (χ1v) is 10.9. The number of Topliss-reactive ketones (excluding diaryl/α,β-unsaturated/α-hetero) is 2. The highest BCUT2D eigenvalue weighted by Crippen LogP contribution is 2.68. The number of esters is 1. The lowest BCUT2D eigenvalue weighted by atomic mass is 9.45. The highest BCUT2D eigenvalue weighted by molar-refractivity contribution is 5.99. The minimum atomic E-state index is -1.67. The summed E-state index contributed by atoms with van der Waals surface area (Å²) in [6.07, 6.45) is 3.55. The standard InChI is InChI=1S/C23H28O7/c1-11(24)29-10-17(27)23(28)7-6-14-13-5-4-12-8-15(25)19-20(30-19)22(12,3)18(13)16(26)9-21(14,23)2/h8,13-14,18-20,28H,4-7,9-10H2,1-3H3/t13-,14-,18+,19-,20-,21-,22-,23-/m0/s1. The molecule has 5 rings (SSSR count). The lowest BCUT2D eigenvalue weighted by Gasteiger charge is -2.57. The maximum atomic E-state index is 13.6. The van der Waals surface area contributed by atoms with E-state index in [4.69, 9.17) is 9.47 Å². The van der Waals surface area contributed by atoms with E-state index in [2.05, 4.69) is 6.92 Å². The third-order valence-corrected chi connectivity index (χ3v) is 9.05. The van der Waals surface area contributed by atoms with Crippen molar-refractivity contribution in [2.75, 3.05) is 6.61 Å². The van der Waals surface area contributed by atoms with Crippen molar-refractivity contribution in [2.24, 2.45) is 28.6 Å². The summed E-state index contributed by atoms with van der Waals surface area (Å²) in [5.41, 5.74) is -2.02. The van der Waals surface area contributed by atoms with Crippen LogP contribution in [0.1, 0.15) is 52.9 Å². The van der Waals surface area contributed by atoms with E-state index in [1.54, 1.807) is 6.08 Å². The van der Waals surface area contributed by atoms with Crippen LogP contribution in [-0.4, -0.2) is 52.8 Å². The molecular formula is C23H28O7. The fraction of sp³-hybridized carbons (Fsp3) is 0.739. The van der Waals surface area contributed by atoms with Gasteiger partial charge in [0.1, 0.15) is 23.6 Å². The molecule has 4 fully saturated rings. The molecule has 5 aliphatic rings. The van der Waals surface area contributed by atoms with Crippen molar-refractivity contribution in [2.45, 2.75) is 70.7 Å². The zero-order valence-corrected chi connectivity index (χ0v) is 17.6. The number of ether oxygens (including phenoxy) is 2. The van der Waals surface area contributed by atoms with Crippen molar-refractivity contribution in [3.05, 3.63) is 11.6 Å². The topological polar surface area (TPSA) is 110 Å². The van der Waals surface area contributed by atoms with Gasteiger partial charge in [0.25, 0.3) is 0 Å². The van der Waals surface area contributed by atoms with Gasteiger partial charge in [-0.25, -0.2) is 0 Å². The van der Waals surface area contributed by atoms with Crippen molar-refractivity contribution < 1.29 is 33.8 Å². The molecular weight excluding hydrogens is 388 g/mol. The molecule has 4 aliphatic carbocycles. The van der Waals surface area contributed by atoms with E-state index < -0.39 is 40.9 Å². The monoisotopic (exact) mass is 416 g/mol. The SMILES string of the molecule is CC(=O)OCC(=O)[C@@]1(O)CC[C@H]2[C@@H]3CCC4=CC(=O)[C@@H]5O[C@@H]5[C@]4(C)[C@H]3C(=O)C[C@@]21C. The van der Waals surface area contributed by atoms with Crippen LogP contribution in [-0.2, 0) is 28.7 Å². The first-order valence-electron chi connectivity index (χ1n) is 10.9. The van der Waals surface area contributed by atoms with Crippen LogP contribution in [0.25, 0.3) is 0 Å². The van der Waals surface area contributed by atoms with Crippen LogP contribution < -0.4 is 0 Å². The summed E-state index contributed by atoms with van der Waals surface area (Å²) >= 11 is 0. The third-order valence-electron chi connectivity index (χ3n) is 9.05. The quantitative estimate of drug-likeness (QED) is 0.549. The highest BCUT2D eigenvalue weighted by Gasteiger charge is 2.72.